The van der Waals surface area contributed by atoms with Crippen LogP contribution in [-0.4, -0.2) is 27.5 Å². The Bertz CT molecular complexity index is 1210. The van der Waals surface area contributed by atoms with E-state index in [2.05, 4.69) is 5.32 Å². The van der Waals surface area contributed by atoms with Crippen molar-refractivity contribution in [3.05, 3.63) is 88.4 Å². The smallest absolute Gasteiger partial charge is 0.264 e. The van der Waals surface area contributed by atoms with Crippen molar-refractivity contribution in [3.63, 3.8) is 0 Å². The summed E-state index contributed by atoms with van der Waals surface area (Å²) < 4.78 is 33.5. The third-order valence-corrected chi connectivity index (χ3v) is 7.07. The van der Waals surface area contributed by atoms with Crippen LogP contribution in [0.5, 0.6) is 5.75 Å². The lowest BCUT2D eigenvalue weighted by atomic mass is 10.2. The predicted molar refractivity (Wildman–Crippen MR) is 131 cm³/mol. The number of hydrogen-bond donors (Lipinski definition) is 1. The summed E-state index contributed by atoms with van der Waals surface area (Å²) in [7, 11) is -4.00. The fourth-order valence-corrected chi connectivity index (χ4v) is 4.89. The first-order valence-corrected chi connectivity index (χ1v) is 12.4. The van der Waals surface area contributed by atoms with E-state index in [4.69, 9.17) is 16.3 Å². The van der Waals surface area contributed by atoms with Gasteiger partial charge in [-0.15, -0.1) is 0 Å². The summed E-state index contributed by atoms with van der Waals surface area (Å²) in [4.78, 5) is 12.9. The maximum absolute atomic E-state index is 13.5. The van der Waals surface area contributed by atoms with Gasteiger partial charge in [0.2, 0.25) is 5.91 Å². The number of carbonyl (C=O) groups excluding carboxylic acids is 1. The molecule has 0 aliphatic rings. The van der Waals surface area contributed by atoms with Gasteiger partial charge in [-0.3, -0.25) is 9.10 Å². The van der Waals surface area contributed by atoms with Crippen LogP contribution in [0, 0.1) is 13.8 Å². The zero-order valence-electron chi connectivity index (χ0n) is 18.8. The molecule has 3 aromatic rings. The Morgan fingerprint density at radius 1 is 1.00 bits per heavy atom. The maximum atomic E-state index is 13.5. The molecule has 1 N–H and O–H groups in total. The van der Waals surface area contributed by atoms with Crippen LogP contribution < -0.4 is 14.4 Å². The van der Waals surface area contributed by atoms with Gasteiger partial charge in [-0.05, 0) is 68.3 Å². The molecule has 3 aromatic carbocycles. The lowest BCUT2D eigenvalue weighted by molar-refractivity contribution is -0.119. The minimum Gasteiger partial charge on any atom is -0.494 e. The van der Waals surface area contributed by atoms with Crippen LogP contribution in [0.4, 0.5) is 5.69 Å². The number of ether oxygens (including phenoxy) is 1. The van der Waals surface area contributed by atoms with E-state index in [-0.39, 0.29) is 18.0 Å². The number of benzene rings is 3. The van der Waals surface area contributed by atoms with E-state index in [1.165, 1.54) is 12.1 Å². The summed E-state index contributed by atoms with van der Waals surface area (Å²) in [5.41, 5.74) is 2.86. The Morgan fingerprint density at radius 2 is 1.67 bits per heavy atom. The molecule has 8 heteroatoms. The van der Waals surface area contributed by atoms with E-state index in [0.29, 0.717) is 22.9 Å². The van der Waals surface area contributed by atoms with Gasteiger partial charge in [0.1, 0.15) is 12.3 Å². The number of hydrogen-bond acceptors (Lipinski definition) is 4. The molecule has 0 unspecified atom stereocenters. The second-order valence-electron chi connectivity index (χ2n) is 7.61. The van der Waals surface area contributed by atoms with Crippen molar-refractivity contribution < 1.29 is 17.9 Å². The van der Waals surface area contributed by atoms with Gasteiger partial charge in [-0.1, -0.05) is 47.5 Å². The van der Waals surface area contributed by atoms with Gasteiger partial charge in [-0.25, -0.2) is 8.42 Å². The van der Waals surface area contributed by atoms with Gasteiger partial charge in [-0.2, -0.15) is 0 Å². The number of anilines is 1. The van der Waals surface area contributed by atoms with E-state index in [9.17, 15) is 13.2 Å². The lowest BCUT2D eigenvalue weighted by Crippen LogP contribution is -2.41. The molecule has 0 saturated heterocycles. The van der Waals surface area contributed by atoms with E-state index in [0.717, 1.165) is 21.2 Å². The number of nitrogens with one attached hydrogen (secondary N) is 1. The Balaban J connectivity index is 1.84. The SMILES string of the molecule is CCOc1ccc(CNC(=O)CN(c2cc(Cl)ccc2C)S(=O)(=O)c2ccc(C)cc2)cc1. The summed E-state index contributed by atoms with van der Waals surface area (Å²) >= 11 is 6.16. The quantitative estimate of drug-likeness (QED) is 0.468. The third-order valence-electron chi connectivity index (χ3n) is 5.06. The average Bonchev–Trinajstić information content (AvgIpc) is 2.79. The van der Waals surface area contributed by atoms with Crippen molar-refractivity contribution in [1.82, 2.24) is 5.32 Å². The third kappa shape index (κ3) is 6.27. The molecule has 1 amide bonds. The van der Waals surface area contributed by atoms with Gasteiger partial charge in [0.05, 0.1) is 17.2 Å². The molecule has 0 aliphatic heterocycles. The highest BCUT2D eigenvalue weighted by atomic mass is 35.5. The Labute approximate surface area is 200 Å². The number of aryl methyl sites for hydroxylation is 2. The molecule has 0 spiro atoms. The Morgan fingerprint density at radius 3 is 2.30 bits per heavy atom. The molecule has 0 atom stereocenters. The minimum atomic E-state index is -4.00. The fraction of sp³-hybridized carbons (Fsp3) is 0.240. The van der Waals surface area contributed by atoms with E-state index >= 15 is 0 Å². The first-order chi connectivity index (χ1) is 15.7. The summed E-state index contributed by atoms with van der Waals surface area (Å²) in [6, 6.07) is 18.9. The maximum Gasteiger partial charge on any atom is 0.264 e. The van der Waals surface area contributed by atoms with Crippen LogP contribution in [0.15, 0.2) is 71.6 Å². The Kier molecular flexibility index (Phi) is 8.00. The van der Waals surface area contributed by atoms with Crippen molar-refractivity contribution in [2.75, 3.05) is 17.5 Å². The molecule has 0 heterocycles. The van der Waals surface area contributed by atoms with Gasteiger partial charge >= 0.3 is 0 Å². The molecule has 0 aliphatic carbocycles. The van der Waals surface area contributed by atoms with Gasteiger partial charge < -0.3 is 10.1 Å². The zero-order chi connectivity index (χ0) is 24.0. The highest BCUT2D eigenvalue weighted by Gasteiger charge is 2.28. The molecule has 0 radical (unpaired) electrons. The first kappa shape index (κ1) is 24.6. The summed E-state index contributed by atoms with van der Waals surface area (Å²) in [6.07, 6.45) is 0. The largest absolute Gasteiger partial charge is 0.494 e. The second kappa shape index (κ2) is 10.7. The summed E-state index contributed by atoms with van der Waals surface area (Å²) in [5.74, 6) is 0.318. The lowest BCUT2D eigenvalue weighted by Gasteiger charge is -2.26. The van der Waals surface area contributed by atoms with E-state index in [1.807, 2.05) is 38.1 Å². The van der Waals surface area contributed by atoms with Crippen LogP contribution in [0.1, 0.15) is 23.6 Å². The number of halogens is 1. The second-order valence-corrected chi connectivity index (χ2v) is 9.91. The van der Waals surface area contributed by atoms with Crippen molar-refractivity contribution in [3.8, 4) is 5.75 Å². The van der Waals surface area contributed by atoms with Crippen molar-refractivity contribution in [2.45, 2.75) is 32.2 Å². The van der Waals surface area contributed by atoms with E-state index < -0.39 is 15.9 Å². The molecule has 6 nitrogen and oxygen atoms in total. The van der Waals surface area contributed by atoms with E-state index in [1.54, 1.807) is 37.3 Å². The molecule has 0 bridgehead atoms. The average molecular weight is 487 g/mol. The van der Waals surface area contributed by atoms with Crippen molar-refractivity contribution in [1.29, 1.82) is 0 Å². The molecule has 3 rings (SSSR count). The van der Waals surface area contributed by atoms with Crippen molar-refractivity contribution >= 4 is 33.2 Å². The number of amides is 1. The molecule has 0 fully saturated rings. The summed E-state index contributed by atoms with van der Waals surface area (Å²) in [5, 5.41) is 3.18. The standard InChI is InChI=1S/C25H27ClN2O4S/c1-4-32-22-11-8-20(9-12-22)16-27-25(29)17-28(24-15-21(26)10-7-19(24)3)33(30,31)23-13-5-18(2)6-14-23/h5-15H,4,16-17H2,1-3H3,(H,27,29). The first-order valence-electron chi connectivity index (χ1n) is 10.5. The molecule has 33 heavy (non-hydrogen) atoms. The van der Waals surface area contributed by atoms with Gasteiger partial charge in [0.15, 0.2) is 0 Å². The highest BCUT2D eigenvalue weighted by Crippen LogP contribution is 2.29. The summed E-state index contributed by atoms with van der Waals surface area (Å²) in [6.45, 7) is 6.02. The van der Waals surface area contributed by atoms with Crippen molar-refractivity contribution in [2.24, 2.45) is 0 Å². The number of rotatable bonds is 9. The van der Waals surface area contributed by atoms with Gasteiger partial charge in [0.25, 0.3) is 10.0 Å². The fourth-order valence-electron chi connectivity index (χ4n) is 3.25. The van der Waals surface area contributed by atoms with Crippen LogP contribution in [-0.2, 0) is 21.4 Å². The predicted octanol–water partition coefficient (Wildman–Crippen LogP) is 4.87. The molecular weight excluding hydrogens is 460 g/mol. The molecule has 0 saturated carbocycles. The molecule has 0 aromatic heterocycles. The highest BCUT2D eigenvalue weighted by molar-refractivity contribution is 7.92. The molecule has 174 valence electrons. The van der Waals surface area contributed by atoms with Crippen LogP contribution >= 0.6 is 11.6 Å². The topological polar surface area (TPSA) is 75.7 Å². The number of sulfonamides is 1. The van der Waals surface area contributed by atoms with Gasteiger partial charge in [0, 0.05) is 11.6 Å². The number of carbonyl (C=O) groups is 1. The van der Waals surface area contributed by atoms with Crippen LogP contribution in [0.3, 0.4) is 0 Å². The van der Waals surface area contributed by atoms with Crippen LogP contribution in [0.2, 0.25) is 5.02 Å². The normalized spacial score (nSPS) is 11.2. The molecular formula is C25H27ClN2O4S. The monoisotopic (exact) mass is 486 g/mol. The Hall–Kier alpha value is -3.03. The number of nitrogens with zero attached hydrogens (tertiary/aromatic N) is 1. The minimum absolute atomic E-state index is 0.104. The zero-order valence-corrected chi connectivity index (χ0v) is 20.4. The van der Waals surface area contributed by atoms with Crippen LogP contribution in [0.25, 0.3) is 0 Å².